The molecule has 0 radical (unpaired) electrons. The van der Waals surface area contributed by atoms with E-state index in [1.54, 1.807) is 0 Å². The van der Waals surface area contributed by atoms with E-state index in [0.29, 0.717) is 18.0 Å². The van der Waals surface area contributed by atoms with E-state index in [9.17, 15) is 13.2 Å². The van der Waals surface area contributed by atoms with Gasteiger partial charge in [0.1, 0.15) is 4.90 Å². The zero-order valence-electron chi connectivity index (χ0n) is 13.9. The summed E-state index contributed by atoms with van der Waals surface area (Å²) >= 11 is 6.24. The van der Waals surface area contributed by atoms with Crippen molar-refractivity contribution in [2.75, 3.05) is 19.6 Å². The third kappa shape index (κ3) is 2.91. The summed E-state index contributed by atoms with van der Waals surface area (Å²) in [5, 5.41) is 0.0873. The van der Waals surface area contributed by atoms with E-state index in [0.717, 1.165) is 32.5 Å². The van der Waals surface area contributed by atoms with Gasteiger partial charge in [0.2, 0.25) is 10.0 Å². The molecule has 3 aliphatic heterocycles. The molecule has 0 spiro atoms. The molecular formula is C16H20ClN3O4S. The third-order valence-corrected chi connectivity index (χ3v) is 7.24. The average molecular weight is 386 g/mol. The summed E-state index contributed by atoms with van der Waals surface area (Å²) in [6.45, 7) is 5.03. The number of hydrogen-bond acceptors (Lipinski definition) is 5. The summed E-state index contributed by atoms with van der Waals surface area (Å²) in [6.07, 6.45) is 2.02. The van der Waals surface area contributed by atoms with E-state index in [4.69, 9.17) is 16.0 Å². The highest BCUT2D eigenvalue weighted by molar-refractivity contribution is 7.89. The first kappa shape index (κ1) is 17.1. The molecule has 3 fully saturated rings. The van der Waals surface area contributed by atoms with E-state index in [1.807, 2.05) is 6.92 Å². The monoisotopic (exact) mass is 385 g/mol. The molecule has 2 bridgehead atoms. The summed E-state index contributed by atoms with van der Waals surface area (Å²) in [4.78, 5) is 14.1. The van der Waals surface area contributed by atoms with Crippen LogP contribution in [0.3, 0.4) is 0 Å². The third-order valence-electron chi connectivity index (χ3n) is 5.29. The molecule has 0 saturated carbocycles. The fourth-order valence-electron chi connectivity index (χ4n) is 3.93. The number of oxazole rings is 1. The van der Waals surface area contributed by atoms with Gasteiger partial charge in [-0.3, -0.25) is 4.57 Å². The van der Waals surface area contributed by atoms with Gasteiger partial charge in [-0.25, -0.2) is 17.9 Å². The van der Waals surface area contributed by atoms with Gasteiger partial charge in [0.05, 0.1) is 10.5 Å². The Labute approximate surface area is 150 Å². The Morgan fingerprint density at radius 3 is 2.64 bits per heavy atom. The minimum absolute atomic E-state index is 0.0462. The summed E-state index contributed by atoms with van der Waals surface area (Å²) in [6, 6.07) is 2.72. The van der Waals surface area contributed by atoms with Crippen LogP contribution in [-0.2, 0) is 16.6 Å². The van der Waals surface area contributed by atoms with Crippen molar-refractivity contribution in [2.45, 2.75) is 37.2 Å². The van der Waals surface area contributed by atoms with Gasteiger partial charge in [0, 0.05) is 25.2 Å². The highest BCUT2D eigenvalue weighted by Crippen LogP contribution is 2.31. The lowest BCUT2D eigenvalue weighted by Crippen LogP contribution is -2.57. The first-order chi connectivity index (χ1) is 11.9. The lowest BCUT2D eigenvalue weighted by Gasteiger charge is -2.44. The lowest BCUT2D eigenvalue weighted by molar-refractivity contribution is 0.0827. The summed E-state index contributed by atoms with van der Waals surface area (Å²) in [5.74, 6) is -0.158. The number of piperidine rings is 3. The van der Waals surface area contributed by atoms with Gasteiger partial charge in [-0.1, -0.05) is 11.6 Å². The number of halogens is 1. The molecule has 136 valence electrons. The van der Waals surface area contributed by atoms with Crippen molar-refractivity contribution in [2.24, 2.45) is 5.92 Å². The first-order valence-electron chi connectivity index (χ1n) is 8.46. The number of aryl methyl sites for hydroxylation is 1. The lowest BCUT2D eigenvalue weighted by atomic mass is 9.85. The van der Waals surface area contributed by atoms with Gasteiger partial charge >= 0.3 is 5.76 Å². The van der Waals surface area contributed by atoms with Crippen molar-refractivity contribution < 1.29 is 12.8 Å². The summed E-state index contributed by atoms with van der Waals surface area (Å²) in [5.41, 5.74) is 0.727. The number of nitrogens with one attached hydrogen (secondary N) is 1. The van der Waals surface area contributed by atoms with Crippen LogP contribution in [0.25, 0.3) is 11.1 Å². The van der Waals surface area contributed by atoms with E-state index in [2.05, 4.69) is 9.62 Å². The molecule has 1 atom stereocenters. The van der Waals surface area contributed by atoms with Crippen LogP contribution in [0.4, 0.5) is 0 Å². The van der Waals surface area contributed by atoms with E-state index in [-0.39, 0.29) is 21.5 Å². The van der Waals surface area contributed by atoms with Crippen LogP contribution in [0.2, 0.25) is 5.02 Å². The SMILES string of the molecule is CCn1c(=O)oc2cc(S(=O)(=O)N[C@@H]3CN4CCC3CC4)c(Cl)cc21. The Hall–Kier alpha value is -1.35. The molecule has 0 aliphatic carbocycles. The highest BCUT2D eigenvalue weighted by Gasteiger charge is 2.37. The fraction of sp³-hybridized carbons (Fsp3) is 0.562. The maximum atomic E-state index is 12.9. The largest absolute Gasteiger partial charge is 0.419 e. The van der Waals surface area contributed by atoms with Gasteiger partial charge in [-0.05, 0) is 44.8 Å². The number of sulfonamides is 1. The Kier molecular flexibility index (Phi) is 4.18. The molecule has 7 nitrogen and oxygen atoms in total. The Morgan fingerprint density at radius 1 is 1.32 bits per heavy atom. The molecule has 25 heavy (non-hydrogen) atoms. The number of nitrogens with zero attached hydrogens (tertiary/aromatic N) is 2. The molecule has 9 heteroatoms. The Bertz CT molecular complexity index is 973. The molecule has 0 amide bonds. The van der Waals surface area contributed by atoms with E-state index >= 15 is 0 Å². The second-order valence-corrected chi connectivity index (χ2v) is 8.82. The average Bonchev–Trinajstić information content (AvgIpc) is 2.89. The Morgan fingerprint density at radius 2 is 2.04 bits per heavy atom. The zero-order chi connectivity index (χ0) is 17.8. The maximum absolute atomic E-state index is 12.9. The van der Waals surface area contributed by atoms with Gasteiger partial charge in [0.25, 0.3) is 0 Å². The Balaban J connectivity index is 1.70. The van der Waals surface area contributed by atoms with Crippen molar-refractivity contribution in [3.05, 3.63) is 27.7 Å². The maximum Gasteiger partial charge on any atom is 0.419 e. The van der Waals surface area contributed by atoms with Crippen molar-refractivity contribution in [3.63, 3.8) is 0 Å². The van der Waals surface area contributed by atoms with Crippen LogP contribution in [0.5, 0.6) is 0 Å². The van der Waals surface area contributed by atoms with E-state index in [1.165, 1.54) is 16.7 Å². The molecule has 3 aliphatic rings. The van der Waals surface area contributed by atoms with Crippen molar-refractivity contribution in [1.29, 1.82) is 0 Å². The second kappa shape index (κ2) is 6.12. The first-order valence-corrected chi connectivity index (χ1v) is 10.3. The number of benzene rings is 1. The van der Waals surface area contributed by atoms with Crippen LogP contribution in [0, 0.1) is 5.92 Å². The fourth-order valence-corrected chi connectivity index (χ4v) is 5.76. The minimum Gasteiger partial charge on any atom is -0.408 e. The predicted molar refractivity (Wildman–Crippen MR) is 94.4 cm³/mol. The van der Waals surface area contributed by atoms with Crippen molar-refractivity contribution >= 4 is 32.7 Å². The van der Waals surface area contributed by atoms with Crippen LogP contribution in [0.1, 0.15) is 19.8 Å². The molecule has 0 unspecified atom stereocenters. The normalized spacial score (nSPS) is 26.4. The molecule has 2 aromatic rings. The zero-order valence-corrected chi connectivity index (χ0v) is 15.4. The number of aromatic nitrogens is 1. The van der Waals surface area contributed by atoms with Gasteiger partial charge < -0.3 is 9.32 Å². The van der Waals surface area contributed by atoms with Crippen LogP contribution < -0.4 is 10.5 Å². The molecule has 1 aromatic carbocycles. The molecule has 3 saturated heterocycles. The van der Waals surface area contributed by atoms with Crippen LogP contribution >= 0.6 is 11.6 Å². The van der Waals surface area contributed by atoms with Crippen LogP contribution in [-0.4, -0.2) is 43.6 Å². The molecule has 4 heterocycles. The van der Waals surface area contributed by atoms with Crippen molar-refractivity contribution in [1.82, 2.24) is 14.2 Å². The number of fused-ring (bicyclic) bond motifs is 4. The number of rotatable bonds is 4. The standard InChI is InChI=1S/C16H20ClN3O4S/c1-2-20-13-7-11(17)15(8-14(13)24-16(20)21)25(22,23)18-12-9-19-5-3-10(12)4-6-19/h7-8,10,12,18H,2-6,9H2,1H3/t12-/m1/s1. The number of hydrogen-bond donors (Lipinski definition) is 1. The smallest absolute Gasteiger partial charge is 0.408 e. The topological polar surface area (TPSA) is 84.5 Å². The molecular weight excluding hydrogens is 366 g/mol. The molecule has 1 aromatic heterocycles. The molecule has 5 rings (SSSR count). The van der Waals surface area contributed by atoms with Gasteiger partial charge in [0.15, 0.2) is 5.58 Å². The van der Waals surface area contributed by atoms with Gasteiger partial charge in [-0.15, -0.1) is 0 Å². The van der Waals surface area contributed by atoms with Gasteiger partial charge in [-0.2, -0.15) is 0 Å². The highest BCUT2D eigenvalue weighted by atomic mass is 35.5. The van der Waals surface area contributed by atoms with Crippen molar-refractivity contribution in [3.8, 4) is 0 Å². The predicted octanol–water partition coefficient (Wildman–Crippen LogP) is 1.64. The second-order valence-electron chi connectivity index (χ2n) is 6.73. The molecule has 1 N–H and O–H groups in total. The van der Waals surface area contributed by atoms with E-state index < -0.39 is 15.8 Å². The summed E-state index contributed by atoms with van der Waals surface area (Å²) in [7, 11) is -3.79. The summed E-state index contributed by atoms with van der Waals surface area (Å²) < 4.78 is 35.1. The van der Waals surface area contributed by atoms with Crippen LogP contribution in [0.15, 0.2) is 26.2 Å². The quantitative estimate of drug-likeness (QED) is 0.864. The minimum atomic E-state index is -3.79.